The van der Waals surface area contributed by atoms with Gasteiger partial charge in [-0.25, -0.2) is 0 Å². The van der Waals surface area contributed by atoms with Gasteiger partial charge in [-0.15, -0.1) is 0 Å². The maximum Gasteiger partial charge on any atom is 0.0965 e. The van der Waals surface area contributed by atoms with Gasteiger partial charge in [0.2, 0.25) is 0 Å². The van der Waals surface area contributed by atoms with E-state index in [1.807, 2.05) is 0 Å². The first-order valence-electron chi connectivity index (χ1n) is 6.94. The Morgan fingerprint density at radius 2 is 2.00 bits per heavy atom. The van der Waals surface area contributed by atoms with Crippen molar-refractivity contribution in [3.8, 4) is 0 Å². The number of nitrogens with zero attached hydrogens (tertiary/aromatic N) is 2. The van der Waals surface area contributed by atoms with Crippen LogP contribution in [0, 0.1) is 5.92 Å². The third-order valence-corrected chi connectivity index (χ3v) is 4.38. The Balaban J connectivity index is 1.59. The van der Waals surface area contributed by atoms with Crippen LogP contribution in [0.25, 0.3) is 0 Å². The van der Waals surface area contributed by atoms with Crippen LogP contribution in [0.3, 0.4) is 0 Å². The summed E-state index contributed by atoms with van der Waals surface area (Å²) in [6.45, 7) is 4.96. The first kappa shape index (κ1) is 10.6. The van der Waals surface area contributed by atoms with Crippen LogP contribution in [0.15, 0.2) is 4.99 Å². The largest absolute Gasteiger partial charge is 0.370 e. The van der Waals surface area contributed by atoms with E-state index < -0.39 is 0 Å². The van der Waals surface area contributed by atoms with Crippen molar-refractivity contribution < 1.29 is 0 Å². The number of fused-ring (bicyclic) bond motifs is 3. The molecule has 2 bridgehead atoms. The molecule has 3 heteroatoms. The van der Waals surface area contributed by atoms with Crippen molar-refractivity contribution in [2.24, 2.45) is 10.9 Å². The van der Waals surface area contributed by atoms with E-state index >= 15 is 0 Å². The smallest absolute Gasteiger partial charge is 0.0965 e. The number of nitrogens with one attached hydrogen (secondary N) is 1. The molecule has 0 saturated carbocycles. The number of aliphatic imine (C=N–C) groups is 1. The van der Waals surface area contributed by atoms with Crippen molar-refractivity contribution in [3.63, 3.8) is 0 Å². The maximum atomic E-state index is 4.69. The fourth-order valence-electron chi connectivity index (χ4n) is 3.33. The van der Waals surface area contributed by atoms with Crippen LogP contribution in [0.5, 0.6) is 0 Å². The van der Waals surface area contributed by atoms with Crippen molar-refractivity contribution in [2.75, 3.05) is 26.2 Å². The monoisotopic (exact) mass is 221 g/mol. The Hall–Kier alpha value is -0.570. The molecule has 1 atom stereocenters. The van der Waals surface area contributed by atoms with E-state index in [0.717, 1.165) is 12.5 Å². The average molecular weight is 221 g/mol. The van der Waals surface area contributed by atoms with Gasteiger partial charge in [-0.2, -0.15) is 0 Å². The molecule has 1 N–H and O–H groups in total. The molecule has 4 rings (SSSR count). The van der Waals surface area contributed by atoms with Crippen molar-refractivity contribution in [2.45, 2.75) is 44.6 Å². The lowest BCUT2D eigenvalue weighted by atomic mass is 9.84. The molecule has 4 aliphatic rings. The van der Waals surface area contributed by atoms with Crippen molar-refractivity contribution >= 4 is 5.84 Å². The van der Waals surface area contributed by atoms with E-state index in [9.17, 15) is 0 Å². The summed E-state index contributed by atoms with van der Waals surface area (Å²) in [5, 5.41) is 3.74. The summed E-state index contributed by atoms with van der Waals surface area (Å²) >= 11 is 0. The topological polar surface area (TPSA) is 27.6 Å². The molecule has 0 aromatic carbocycles. The van der Waals surface area contributed by atoms with E-state index in [4.69, 9.17) is 0 Å². The minimum atomic E-state index is 0.694. The van der Waals surface area contributed by atoms with Gasteiger partial charge in [-0.1, -0.05) is 6.42 Å². The van der Waals surface area contributed by atoms with Gasteiger partial charge in [0.1, 0.15) is 0 Å². The van der Waals surface area contributed by atoms with Crippen LogP contribution >= 0.6 is 0 Å². The van der Waals surface area contributed by atoms with Crippen LogP contribution in [-0.4, -0.2) is 43.0 Å². The number of piperidine rings is 3. The molecular formula is C13H23N3. The van der Waals surface area contributed by atoms with Crippen LogP contribution in [0.2, 0.25) is 0 Å². The highest BCUT2D eigenvalue weighted by atomic mass is 15.2. The molecule has 90 valence electrons. The number of hydrogen-bond acceptors (Lipinski definition) is 3. The Labute approximate surface area is 98.3 Å². The quantitative estimate of drug-likeness (QED) is 0.729. The summed E-state index contributed by atoms with van der Waals surface area (Å²) in [6, 6.07) is 0.694. The number of hydrogen-bond donors (Lipinski definition) is 1. The third kappa shape index (κ3) is 2.24. The fraction of sp³-hybridized carbons (Fsp3) is 0.923. The molecule has 16 heavy (non-hydrogen) atoms. The lowest BCUT2D eigenvalue weighted by Gasteiger charge is -2.45. The average Bonchev–Trinajstić information content (AvgIpc) is 2.59. The molecule has 3 nitrogen and oxygen atoms in total. The van der Waals surface area contributed by atoms with Gasteiger partial charge in [0.15, 0.2) is 0 Å². The maximum absolute atomic E-state index is 4.69. The molecule has 3 saturated heterocycles. The summed E-state index contributed by atoms with van der Waals surface area (Å²) in [4.78, 5) is 7.29. The zero-order valence-corrected chi connectivity index (χ0v) is 10.1. The molecule has 0 aliphatic carbocycles. The van der Waals surface area contributed by atoms with Gasteiger partial charge >= 0.3 is 0 Å². The Bertz CT molecular complexity index is 266. The Morgan fingerprint density at radius 3 is 2.75 bits per heavy atom. The van der Waals surface area contributed by atoms with Crippen LogP contribution in [-0.2, 0) is 0 Å². The van der Waals surface area contributed by atoms with E-state index in [-0.39, 0.29) is 0 Å². The zero-order valence-electron chi connectivity index (χ0n) is 10.1. The second-order valence-corrected chi connectivity index (χ2v) is 5.53. The SMILES string of the molecule is C1CCN=C(NC2CN3CCC2CC3)CC1. The van der Waals surface area contributed by atoms with Crippen molar-refractivity contribution in [3.05, 3.63) is 0 Å². The highest BCUT2D eigenvalue weighted by Gasteiger charge is 2.34. The summed E-state index contributed by atoms with van der Waals surface area (Å²) in [6.07, 6.45) is 7.94. The van der Waals surface area contributed by atoms with Gasteiger partial charge in [0.25, 0.3) is 0 Å². The van der Waals surface area contributed by atoms with Gasteiger partial charge in [0, 0.05) is 25.6 Å². The molecule has 0 spiro atoms. The Kier molecular flexibility index (Phi) is 3.13. The highest BCUT2D eigenvalue weighted by Crippen LogP contribution is 2.27. The van der Waals surface area contributed by atoms with Crippen molar-refractivity contribution in [1.82, 2.24) is 10.2 Å². The molecule has 4 aliphatic heterocycles. The molecule has 0 radical (unpaired) electrons. The van der Waals surface area contributed by atoms with E-state index in [1.165, 1.54) is 64.0 Å². The summed E-state index contributed by atoms with van der Waals surface area (Å²) in [5.41, 5.74) is 0. The normalized spacial score (nSPS) is 39.0. The second kappa shape index (κ2) is 4.74. The predicted octanol–water partition coefficient (Wildman–Crippen LogP) is 1.64. The molecular weight excluding hydrogens is 198 g/mol. The molecule has 1 unspecified atom stereocenters. The van der Waals surface area contributed by atoms with Crippen LogP contribution < -0.4 is 5.32 Å². The van der Waals surface area contributed by atoms with Gasteiger partial charge in [-0.3, -0.25) is 4.99 Å². The summed E-state index contributed by atoms with van der Waals surface area (Å²) in [7, 11) is 0. The minimum absolute atomic E-state index is 0.694. The highest BCUT2D eigenvalue weighted by molar-refractivity contribution is 5.82. The second-order valence-electron chi connectivity index (χ2n) is 5.53. The summed E-state index contributed by atoms with van der Waals surface area (Å²) in [5.74, 6) is 2.22. The minimum Gasteiger partial charge on any atom is -0.370 e. The predicted molar refractivity (Wildman–Crippen MR) is 66.9 cm³/mol. The molecule has 4 heterocycles. The summed E-state index contributed by atoms with van der Waals surface area (Å²) < 4.78 is 0. The number of rotatable bonds is 1. The van der Waals surface area contributed by atoms with Gasteiger partial charge in [-0.05, 0) is 44.7 Å². The standard InChI is InChI=1S/C13H23N3/c1-2-4-13(14-7-3-1)15-12-10-16-8-5-11(12)6-9-16/h11-12H,1-10H2,(H,14,15). The van der Waals surface area contributed by atoms with E-state index in [0.29, 0.717) is 6.04 Å². The van der Waals surface area contributed by atoms with E-state index in [2.05, 4.69) is 15.2 Å². The fourth-order valence-corrected chi connectivity index (χ4v) is 3.33. The first-order valence-corrected chi connectivity index (χ1v) is 6.94. The Morgan fingerprint density at radius 1 is 1.12 bits per heavy atom. The molecule has 0 aromatic heterocycles. The third-order valence-electron chi connectivity index (χ3n) is 4.38. The lowest BCUT2D eigenvalue weighted by Crippen LogP contribution is -2.57. The van der Waals surface area contributed by atoms with E-state index in [1.54, 1.807) is 0 Å². The molecule has 0 aromatic rings. The lowest BCUT2D eigenvalue weighted by molar-refractivity contribution is 0.0810. The number of amidine groups is 1. The van der Waals surface area contributed by atoms with Gasteiger partial charge < -0.3 is 10.2 Å². The van der Waals surface area contributed by atoms with Crippen LogP contribution in [0.4, 0.5) is 0 Å². The molecule has 3 fully saturated rings. The van der Waals surface area contributed by atoms with Gasteiger partial charge in [0.05, 0.1) is 5.84 Å². The first-order chi connectivity index (χ1) is 7.92. The van der Waals surface area contributed by atoms with Crippen molar-refractivity contribution in [1.29, 1.82) is 0 Å². The van der Waals surface area contributed by atoms with Crippen LogP contribution in [0.1, 0.15) is 38.5 Å². The zero-order chi connectivity index (χ0) is 10.8. The molecule has 0 amide bonds.